The molecule has 2 N–H and O–H groups in total. The minimum absolute atomic E-state index is 1.61. The Bertz CT molecular complexity index is 74.9. The number of hydrogen-bond donors (Lipinski definition) is 2. The first-order valence-corrected chi connectivity index (χ1v) is 7.00. The van der Waals surface area contributed by atoms with Gasteiger partial charge in [0.05, 0.1) is 0 Å². The van der Waals surface area contributed by atoms with Crippen LogP contribution in [0.1, 0.15) is 0 Å². The average molecular weight is 144 g/mol. The normalized spacial score (nSPS) is 11.2. The molecule has 0 saturated heterocycles. The summed E-state index contributed by atoms with van der Waals surface area (Å²) in [5.41, 5.74) is 0. The van der Waals surface area contributed by atoms with Crippen LogP contribution < -0.4 is 0 Å². The van der Waals surface area contributed by atoms with Gasteiger partial charge in [-0.3, -0.25) is 4.57 Å². The zero-order valence-electron chi connectivity index (χ0n) is 2.83. The molecule has 6 heavy (non-hydrogen) atoms. The Balaban J connectivity index is 3.48. The van der Waals surface area contributed by atoms with Crippen LogP contribution in [0.4, 0.5) is 0 Å². The van der Waals surface area contributed by atoms with Gasteiger partial charge in [0.1, 0.15) is 0 Å². The van der Waals surface area contributed by atoms with Gasteiger partial charge in [0, 0.05) is 0 Å². The summed E-state index contributed by atoms with van der Waals surface area (Å²) < 4.78 is 9.62. The van der Waals surface area contributed by atoms with Crippen molar-refractivity contribution >= 4 is 30.1 Å². The van der Waals surface area contributed by atoms with Crippen molar-refractivity contribution in [3.63, 3.8) is 0 Å². The summed E-state index contributed by atoms with van der Waals surface area (Å²) in [5, 5.41) is 0. The van der Waals surface area contributed by atoms with Crippen molar-refractivity contribution in [3.8, 4) is 0 Å². The summed E-state index contributed by atoms with van der Waals surface area (Å²) in [5.74, 6) is 0. The highest BCUT2D eigenvalue weighted by Gasteiger charge is 2.13. The first kappa shape index (κ1) is 6.97. The molecular formula is H3AlClO3P. The highest BCUT2D eigenvalue weighted by molar-refractivity contribution is 7.88. The van der Waals surface area contributed by atoms with Gasteiger partial charge in [0.25, 0.3) is 0 Å². The quantitative estimate of drug-likeness (QED) is 0.391. The Morgan fingerprint density at radius 3 is 1.83 bits per heavy atom. The summed E-state index contributed by atoms with van der Waals surface area (Å²) in [4.78, 5) is 15.7. The van der Waals surface area contributed by atoms with E-state index in [-0.39, 0.29) is 0 Å². The van der Waals surface area contributed by atoms with E-state index in [4.69, 9.17) is 19.8 Å². The predicted molar refractivity (Wildman–Crippen MR) is 25.0 cm³/mol. The van der Waals surface area contributed by atoms with E-state index in [0.717, 1.165) is 0 Å². The molecule has 0 aromatic rings. The summed E-state index contributed by atoms with van der Waals surface area (Å²) in [6, 6.07) is 0. The van der Waals surface area contributed by atoms with Crippen molar-refractivity contribution in [1.82, 2.24) is 0 Å². The maximum atomic E-state index is 9.62. The summed E-state index contributed by atoms with van der Waals surface area (Å²) in [7, 11) is 4.85. The minimum Gasteiger partial charge on any atom is -0.338 e. The molecule has 0 aromatic heterocycles. The van der Waals surface area contributed by atoms with Gasteiger partial charge in [-0.15, -0.1) is 0 Å². The maximum absolute atomic E-state index is 9.62. The molecule has 0 aromatic carbocycles. The first-order chi connectivity index (χ1) is 2.56. The third kappa shape index (κ3) is 4.97. The standard InChI is InChI=1S/Al.ClH.HO3P.H/c;;1-4(2)3;/h;1H;(H-,1,2,3);. The van der Waals surface area contributed by atoms with Gasteiger partial charge < -0.3 is 9.79 Å². The van der Waals surface area contributed by atoms with Gasteiger partial charge in [-0.1, -0.05) is 0 Å². The largest absolute Gasteiger partial charge is 0.549 e. The molecule has 0 heterocycles. The fourth-order valence-corrected chi connectivity index (χ4v) is 0. The minimum atomic E-state index is -3.74. The third-order valence-electron chi connectivity index (χ3n) is 0.156. The van der Waals surface area contributed by atoms with Crippen molar-refractivity contribution in [2.75, 3.05) is 0 Å². The summed E-state index contributed by atoms with van der Waals surface area (Å²) >= 11 is -1.61. The number of halogens is 1. The van der Waals surface area contributed by atoms with Crippen molar-refractivity contribution in [3.05, 3.63) is 0 Å². The first-order valence-electron chi connectivity index (χ1n) is 1.17. The SMILES string of the molecule is O=[P](O)(O)[AlH][Cl]. The molecule has 0 saturated carbocycles. The second-order valence-electron chi connectivity index (χ2n) is 0.784. The Kier molecular flexibility index (Phi) is 2.70. The lowest BCUT2D eigenvalue weighted by molar-refractivity contribution is 0.394. The van der Waals surface area contributed by atoms with E-state index in [1.807, 2.05) is 0 Å². The molecule has 0 fully saturated rings. The topological polar surface area (TPSA) is 57.5 Å². The van der Waals surface area contributed by atoms with Crippen LogP contribution in [0.2, 0.25) is 0 Å². The van der Waals surface area contributed by atoms with Crippen LogP contribution in [-0.4, -0.2) is 23.6 Å². The van der Waals surface area contributed by atoms with Gasteiger partial charge in [-0.25, -0.2) is 10.0 Å². The molecule has 0 radical (unpaired) electrons. The molecule has 36 valence electrons. The predicted octanol–water partition coefficient (Wildman–Crippen LogP) is -0.331. The van der Waals surface area contributed by atoms with Gasteiger partial charge in [0.2, 0.25) is 6.24 Å². The molecule has 0 aliphatic heterocycles. The molecular weight excluding hydrogens is 141 g/mol. The molecule has 0 spiro atoms. The lowest BCUT2D eigenvalue weighted by atomic mass is 15.8. The molecule has 0 unspecified atom stereocenters. The van der Waals surface area contributed by atoms with E-state index in [9.17, 15) is 4.57 Å². The van der Waals surface area contributed by atoms with E-state index in [0.29, 0.717) is 0 Å². The Morgan fingerprint density at radius 2 is 1.83 bits per heavy atom. The highest BCUT2D eigenvalue weighted by atomic mass is 35.6. The van der Waals surface area contributed by atoms with Crippen LogP contribution in [-0.2, 0) is 4.57 Å². The van der Waals surface area contributed by atoms with E-state index in [2.05, 4.69) is 0 Å². The fourth-order valence-electron chi connectivity index (χ4n) is 0. The van der Waals surface area contributed by atoms with Crippen LogP contribution in [0.25, 0.3) is 0 Å². The van der Waals surface area contributed by atoms with Gasteiger partial charge >= 0.3 is 13.9 Å². The molecule has 0 amide bonds. The Morgan fingerprint density at radius 1 is 1.67 bits per heavy atom. The zero-order valence-corrected chi connectivity index (χ0v) is 5.90. The average Bonchev–Trinajstić information content (AvgIpc) is 1.35. The van der Waals surface area contributed by atoms with Crippen molar-refractivity contribution in [2.45, 2.75) is 0 Å². The van der Waals surface area contributed by atoms with Crippen molar-refractivity contribution in [2.24, 2.45) is 0 Å². The van der Waals surface area contributed by atoms with Crippen LogP contribution in [0.3, 0.4) is 0 Å². The second-order valence-corrected chi connectivity index (χ2v) is 7.69. The lowest BCUT2D eigenvalue weighted by Crippen LogP contribution is -1.78. The van der Waals surface area contributed by atoms with Crippen molar-refractivity contribution in [1.29, 1.82) is 0 Å². The van der Waals surface area contributed by atoms with Gasteiger partial charge in [0.15, 0.2) is 0 Å². The molecule has 0 atom stereocenters. The molecule has 6 heteroatoms. The van der Waals surface area contributed by atoms with Gasteiger partial charge in [-0.2, -0.15) is 0 Å². The molecule has 3 nitrogen and oxygen atoms in total. The van der Waals surface area contributed by atoms with E-state index < -0.39 is 20.1 Å². The van der Waals surface area contributed by atoms with E-state index >= 15 is 0 Å². The van der Waals surface area contributed by atoms with Crippen molar-refractivity contribution < 1.29 is 14.4 Å². The third-order valence-corrected chi connectivity index (χ3v) is 4.20. The molecule has 0 bridgehead atoms. The van der Waals surface area contributed by atoms with E-state index in [1.165, 1.54) is 0 Å². The molecule has 0 aliphatic carbocycles. The van der Waals surface area contributed by atoms with Crippen LogP contribution in [0, 0.1) is 0 Å². The lowest BCUT2D eigenvalue weighted by Gasteiger charge is -1.90. The summed E-state index contributed by atoms with van der Waals surface area (Å²) in [6.07, 6.45) is -3.74. The van der Waals surface area contributed by atoms with E-state index in [1.54, 1.807) is 0 Å². The monoisotopic (exact) mass is 144 g/mol. The van der Waals surface area contributed by atoms with Crippen LogP contribution >= 0.6 is 16.3 Å². The van der Waals surface area contributed by atoms with Gasteiger partial charge in [-0.05, 0) is 0 Å². The number of rotatable bonds is 1. The fraction of sp³-hybridized carbons (Fsp3) is 0. The second kappa shape index (κ2) is 2.32. The maximum Gasteiger partial charge on any atom is 0.549 e. The highest BCUT2D eigenvalue weighted by Crippen LogP contribution is 2.32. The summed E-state index contributed by atoms with van der Waals surface area (Å²) in [6.45, 7) is 0. The molecule has 0 rings (SSSR count). The van der Waals surface area contributed by atoms with Crippen LogP contribution in [0.15, 0.2) is 0 Å². The number of hydrogen-bond acceptors (Lipinski definition) is 1. The van der Waals surface area contributed by atoms with Crippen LogP contribution in [0.5, 0.6) is 0 Å². The Hall–Kier alpha value is 0.972. The zero-order chi connectivity index (χ0) is 5.21. The molecule has 0 aliphatic rings. The Labute approximate surface area is 45.0 Å². The smallest absolute Gasteiger partial charge is 0.338 e.